The zero-order valence-electron chi connectivity index (χ0n) is 16.6. The zero-order chi connectivity index (χ0) is 19.4. The smallest absolute Gasteiger partial charge is 0.355 e. The first-order valence-corrected chi connectivity index (χ1v) is 13.5. The maximum absolute atomic E-state index is 11.9. The topological polar surface area (TPSA) is 56.8 Å². The molecule has 0 amide bonds. The van der Waals surface area contributed by atoms with E-state index in [-0.39, 0.29) is 11.7 Å². The average Bonchev–Trinajstić information content (AvgIpc) is 2.66. The number of nitrogens with one attached hydrogen (secondary N) is 1. The van der Waals surface area contributed by atoms with Crippen molar-refractivity contribution < 1.29 is 18.5 Å². The third-order valence-electron chi connectivity index (χ3n) is 4.70. The molecule has 0 radical (unpaired) electrons. The van der Waals surface area contributed by atoms with Crippen LogP contribution in [0.4, 0.5) is 0 Å². The molecule has 1 heterocycles. The highest BCUT2D eigenvalue weighted by Crippen LogP contribution is 2.22. The van der Waals surface area contributed by atoms with Crippen LogP contribution in [0.15, 0.2) is 30.3 Å². The summed E-state index contributed by atoms with van der Waals surface area (Å²) in [6.07, 6.45) is 5.74. The molecule has 1 fully saturated rings. The van der Waals surface area contributed by atoms with E-state index in [0.717, 1.165) is 43.5 Å². The molecule has 152 valence electrons. The summed E-state index contributed by atoms with van der Waals surface area (Å²) in [5.41, 5.74) is 3.17. The number of thioether (sulfide) groups is 1. The van der Waals surface area contributed by atoms with Crippen molar-refractivity contribution in [2.45, 2.75) is 51.6 Å². The molecule has 1 aromatic carbocycles. The van der Waals surface area contributed by atoms with E-state index in [1.165, 1.54) is 31.0 Å². The van der Waals surface area contributed by atoms with E-state index in [1.54, 1.807) is 0 Å². The molecule has 27 heavy (non-hydrogen) atoms. The summed E-state index contributed by atoms with van der Waals surface area (Å²) in [6.45, 7) is 6.14. The van der Waals surface area contributed by atoms with Crippen molar-refractivity contribution in [2.75, 3.05) is 25.5 Å². The minimum absolute atomic E-state index is 0.0575. The van der Waals surface area contributed by atoms with Gasteiger partial charge in [-0.1, -0.05) is 49.7 Å². The number of hydroxylamine groups is 1. The zero-order valence-corrected chi connectivity index (χ0v) is 18.4. The van der Waals surface area contributed by atoms with Gasteiger partial charge >= 0.3 is 8.56 Å². The Morgan fingerprint density at radius 3 is 2.93 bits per heavy atom. The molecule has 1 aliphatic heterocycles. The fraction of sp³-hybridized carbons (Fsp3) is 0.650. The molecule has 5 nitrogen and oxygen atoms in total. The molecule has 1 aromatic rings. The van der Waals surface area contributed by atoms with Gasteiger partial charge in [-0.2, -0.15) is 0 Å². The van der Waals surface area contributed by atoms with Crippen molar-refractivity contribution in [3.63, 3.8) is 0 Å². The van der Waals surface area contributed by atoms with Crippen LogP contribution in [0.5, 0.6) is 5.75 Å². The Morgan fingerprint density at radius 1 is 1.33 bits per heavy atom. The predicted molar refractivity (Wildman–Crippen MR) is 113 cm³/mol. The largest absolute Gasteiger partial charge is 0.485 e. The first-order chi connectivity index (χ1) is 13.1. The van der Waals surface area contributed by atoms with Crippen molar-refractivity contribution in [3.8, 4) is 5.75 Å². The number of unbranched alkanes of at least 4 members (excludes halogenated alkanes) is 1. The van der Waals surface area contributed by atoms with Gasteiger partial charge in [0.05, 0.1) is 0 Å². The van der Waals surface area contributed by atoms with Crippen molar-refractivity contribution in [3.05, 3.63) is 30.3 Å². The van der Waals surface area contributed by atoms with Crippen molar-refractivity contribution in [2.24, 2.45) is 5.92 Å². The van der Waals surface area contributed by atoms with Crippen LogP contribution in [-0.4, -0.2) is 39.2 Å². The van der Waals surface area contributed by atoms with Gasteiger partial charge in [-0.25, -0.2) is 5.48 Å². The summed E-state index contributed by atoms with van der Waals surface area (Å²) in [5.74, 6) is 2.14. The number of ether oxygens (including phenoxy) is 1. The molecule has 0 bridgehead atoms. The molecule has 0 aliphatic carbocycles. The Balaban J connectivity index is 1.59. The van der Waals surface area contributed by atoms with E-state index in [4.69, 9.17) is 13.7 Å². The van der Waals surface area contributed by atoms with Crippen LogP contribution < -0.4 is 10.2 Å². The summed E-state index contributed by atoms with van der Waals surface area (Å²) in [5, 5.41) is 0.0575. The summed E-state index contributed by atoms with van der Waals surface area (Å²) in [7, 11) is -2.19. The molecule has 7 heteroatoms. The van der Waals surface area contributed by atoms with Gasteiger partial charge in [-0.15, -0.1) is 0 Å². The maximum atomic E-state index is 11.9. The van der Waals surface area contributed by atoms with Gasteiger partial charge in [0.15, 0.2) is 6.61 Å². The van der Waals surface area contributed by atoms with E-state index in [9.17, 15) is 4.79 Å². The molecule has 1 saturated heterocycles. The standard InChI is InChI=1S/C20H33NO4SSi/c1-3-4-9-18-12-13-24-27(2,25-21-16-18)15-8-14-26-20(22)17-23-19-10-6-5-7-11-19/h5-7,10-11,18,21H,3-4,8-9,12-17H2,1-2H3. The predicted octanol–water partition coefficient (Wildman–Crippen LogP) is 4.54. The fourth-order valence-electron chi connectivity index (χ4n) is 3.03. The van der Waals surface area contributed by atoms with Crippen LogP contribution >= 0.6 is 11.8 Å². The van der Waals surface area contributed by atoms with E-state index in [2.05, 4.69) is 19.0 Å². The average molecular weight is 412 g/mol. The molecule has 0 aromatic heterocycles. The van der Waals surface area contributed by atoms with Gasteiger partial charge in [0.1, 0.15) is 5.75 Å². The van der Waals surface area contributed by atoms with Crippen LogP contribution in [0.1, 0.15) is 39.0 Å². The Hall–Kier alpha value is -0.863. The summed E-state index contributed by atoms with van der Waals surface area (Å²) in [4.78, 5) is 11.9. The van der Waals surface area contributed by atoms with Crippen molar-refractivity contribution >= 4 is 25.4 Å². The third-order valence-corrected chi connectivity index (χ3v) is 8.28. The number of rotatable bonds is 10. The molecule has 0 saturated carbocycles. The van der Waals surface area contributed by atoms with E-state index >= 15 is 0 Å². The second-order valence-corrected chi connectivity index (χ2v) is 11.6. The number of benzene rings is 1. The monoisotopic (exact) mass is 411 g/mol. The van der Waals surface area contributed by atoms with Crippen LogP contribution in [-0.2, 0) is 13.7 Å². The Labute approximate surface area is 168 Å². The lowest BCUT2D eigenvalue weighted by Gasteiger charge is -2.31. The molecule has 0 spiro atoms. The Kier molecular flexibility index (Phi) is 10.4. The lowest BCUT2D eigenvalue weighted by molar-refractivity contribution is -0.112. The summed E-state index contributed by atoms with van der Waals surface area (Å²) in [6, 6.07) is 10.3. The third kappa shape index (κ3) is 9.25. The van der Waals surface area contributed by atoms with Crippen LogP contribution in [0.3, 0.4) is 0 Å². The minimum Gasteiger partial charge on any atom is -0.485 e. The quantitative estimate of drug-likeness (QED) is 0.451. The van der Waals surface area contributed by atoms with Gasteiger partial charge in [-0.3, -0.25) is 4.79 Å². The van der Waals surface area contributed by atoms with Crippen molar-refractivity contribution in [1.29, 1.82) is 0 Å². The molecule has 2 rings (SSSR count). The first kappa shape index (κ1) is 22.4. The highest BCUT2D eigenvalue weighted by molar-refractivity contribution is 8.13. The Bertz CT molecular complexity index is 536. The van der Waals surface area contributed by atoms with E-state index in [0.29, 0.717) is 5.92 Å². The maximum Gasteiger partial charge on any atom is 0.355 e. The van der Waals surface area contributed by atoms with Crippen LogP contribution in [0.2, 0.25) is 12.6 Å². The summed E-state index contributed by atoms with van der Waals surface area (Å²) >= 11 is 1.33. The minimum atomic E-state index is -2.19. The molecule has 1 N–H and O–H groups in total. The van der Waals surface area contributed by atoms with E-state index in [1.807, 2.05) is 30.3 Å². The van der Waals surface area contributed by atoms with Gasteiger partial charge in [0.25, 0.3) is 0 Å². The highest BCUT2D eigenvalue weighted by atomic mass is 32.2. The molecule has 2 unspecified atom stereocenters. The van der Waals surface area contributed by atoms with Crippen molar-refractivity contribution in [1.82, 2.24) is 5.48 Å². The number of hydrogen-bond acceptors (Lipinski definition) is 6. The molecular weight excluding hydrogens is 378 g/mol. The van der Waals surface area contributed by atoms with Crippen LogP contribution in [0.25, 0.3) is 0 Å². The normalized spacial score (nSPS) is 23.4. The SMILES string of the molecule is CCCCC1CCO[Si](C)(CCCSC(=O)COc2ccccc2)ONC1. The summed E-state index contributed by atoms with van der Waals surface area (Å²) < 4.78 is 17.6. The second kappa shape index (κ2) is 12.6. The fourth-order valence-corrected chi connectivity index (χ4v) is 6.01. The lowest BCUT2D eigenvalue weighted by Crippen LogP contribution is -2.47. The second-order valence-electron chi connectivity index (χ2n) is 7.16. The highest BCUT2D eigenvalue weighted by Gasteiger charge is 2.33. The van der Waals surface area contributed by atoms with Gasteiger partial charge in [-0.05, 0) is 49.9 Å². The van der Waals surface area contributed by atoms with Gasteiger partial charge < -0.3 is 13.7 Å². The Morgan fingerprint density at radius 2 is 2.15 bits per heavy atom. The molecule has 1 aliphatic rings. The van der Waals surface area contributed by atoms with Gasteiger partial charge in [0, 0.05) is 18.9 Å². The first-order valence-electron chi connectivity index (χ1n) is 9.99. The number of carbonyl (C=O) groups is 1. The van der Waals surface area contributed by atoms with E-state index < -0.39 is 8.56 Å². The lowest BCUT2D eigenvalue weighted by atomic mass is 9.99. The molecule has 2 atom stereocenters. The molecular formula is C20H33NO4SSi. The van der Waals surface area contributed by atoms with Crippen LogP contribution in [0, 0.1) is 5.92 Å². The number of para-hydroxylation sites is 1. The van der Waals surface area contributed by atoms with Gasteiger partial charge in [0.2, 0.25) is 5.12 Å². The number of carbonyl (C=O) groups excluding carboxylic acids is 1. The number of hydrogen-bond donors (Lipinski definition) is 1.